The molecule has 0 aliphatic carbocycles. The van der Waals surface area contributed by atoms with E-state index < -0.39 is 11.6 Å². The molecule has 22 heavy (non-hydrogen) atoms. The van der Waals surface area contributed by atoms with Gasteiger partial charge in [-0.15, -0.1) is 0 Å². The smallest absolute Gasteiger partial charge is 0.343 e. The average molecular weight is 294 g/mol. The molecule has 4 heteroatoms. The molecule has 0 fully saturated rings. The number of benzene rings is 2. The molecule has 0 saturated heterocycles. The first kappa shape index (κ1) is 14.1. The van der Waals surface area contributed by atoms with E-state index in [9.17, 15) is 9.59 Å². The van der Waals surface area contributed by atoms with Crippen molar-refractivity contribution in [3.8, 4) is 5.75 Å². The van der Waals surface area contributed by atoms with Gasteiger partial charge in [-0.25, -0.2) is 9.59 Å². The van der Waals surface area contributed by atoms with E-state index in [2.05, 4.69) is 0 Å². The first-order valence-electron chi connectivity index (χ1n) is 6.86. The highest BCUT2D eigenvalue weighted by Crippen LogP contribution is 2.21. The van der Waals surface area contributed by atoms with Gasteiger partial charge in [0.25, 0.3) is 0 Å². The summed E-state index contributed by atoms with van der Waals surface area (Å²) in [5.41, 5.74) is 2.57. The summed E-state index contributed by atoms with van der Waals surface area (Å²) >= 11 is 0. The minimum atomic E-state index is -0.444. The second-order valence-corrected chi connectivity index (χ2v) is 5.14. The van der Waals surface area contributed by atoms with Gasteiger partial charge in [0.2, 0.25) is 0 Å². The largest absolute Gasteiger partial charge is 0.423 e. The highest BCUT2D eigenvalue weighted by Gasteiger charge is 2.10. The third kappa shape index (κ3) is 2.76. The van der Waals surface area contributed by atoms with Crippen LogP contribution in [0.3, 0.4) is 0 Å². The third-order valence-corrected chi connectivity index (χ3v) is 3.55. The van der Waals surface area contributed by atoms with Crippen LogP contribution in [0.25, 0.3) is 11.0 Å². The van der Waals surface area contributed by atoms with Gasteiger partial charge in [-0.3, -0.25) is 0 Å². The van der Waals surface area contributed by atoms with Crippen LogP contribution in [0.2, 0.25) is 0 Å². The molecule has 110 valence electrons. The predicted molar refractivity (Wildman–Crippen MR) is 83.4 cm³/mol. The Labute approximate surface area is 127 Å². The third-order valence-electron chi connectivity index (χ3n) is 3.55. The van der Waals surface area contributed by atoms with Crippen molar-refractivity contribution in [1.29, 1.82) is 0 Å². The Balaban J connectivity index is 1.90. The molecule has 0 saturated carbocycles. The summed E-state index contributed by atoms with van der Waals surface area (Å²) < 4.78 is 10.4. The van der Waals surface area contributed by atoms with Gasteiger partial charge in [0.1, 0.15) is 11.3 Å². The fraction of sp³-hybridized carbons (Fsp3) is 0.111. The number of aryl methyl sites for hydroxylation is 2. The first-order valence-corrected chi connectivity index (χ1v) is 6.86. The molecule has 4 nitrogen and oxygen atoms in total. The quantitative estimate of drug-likeness (QED) is 0.411. The monoisotopic (exact) mass is 294 g/mol. The summed E-state index contributed by atoms with van der Waals surface area (Å²) in [6, 6.07) is 13.4. The molecule has 0 N–H and O–H groups in total. The lowest BCUT2D eigenvalue weighted by atomic mass is 10.1. The summed E-state index contributed by atoms with van der Waals surface area (Å²) in [6.45, 7) is 3.92. The SMILES string of the molecule is Cc1ccc(C(=O)Oc2ccc3ccc(=O)oc3c2)cc1C. The molecule has 0 unspecified atom stereocenters. The molecular weight excluding hydrogens is 280 g/mol. The molecule has 0 radical (unpaired) electrons. The molecule has 0 atom stereocenters. The van der Waals surface area contributed by atoms with Gasteiger partial charge >= 0.3 is 11.6 Å². The van der Waals surface area contributed by atoms with Gasteiger partial charge in [0.05, 0.1) is 5.56 Å². The van der Waals surface area contributed by atoms with Crippen LogP contribution < -0.4 is 10.4 Å². The lowest BCUT2D eigenvalue weighted by molar-refractivity contribution is 0.0735. The molecule has 3 aromatic rings. The van der Waals surface area contributed by atoms with Gasteiger partial charge in [0.15, 0.2) is 0 Å². The Bertz CT molecular complexity index is 922. The molecule has 0 bridgehead atoms. The topological polar surface area (TPSA) is 56.5 Å². The number of esters is 1. The van der Waals surface area contributed by atoms with E-state index in [0.29, 0.717) is 16.9 Å². The Kier molecular flexibility index (Phi) is 3.51. The zero-order valence-corrected chi connectivity index (χ0v) is 12.3. The van der Waals surface area contributed by atoms with Crippen molar-refractivity contribution in [2.45, 2.75) is 13.8 Å². The predicted octanol–water partition coefficient (Wildman–Crippen LogP) is 3.63. The molecule has 0 amide bonds. The minimum absolute atomic E-state index is 0.338. The van der Waals surface area contributed by atoms with Gasteiger partial charge < -0.3 is 9.15 Å². The molecule has 0 aliphatic rings. The van der Waals surface area contributed by atoms with Crippen LogP contribution in [0.4, 0.5) is 0 Å². The number of ether oxygens (including phenoxy) is 1. The van der Waals surface area contributed by atoms with Crippen molar-refractivity contribution < 1.29 is 13.9 Å². The van der Waals surface area contributed by atoms with Crippen LogP contribution >= 0.6 is 0 Å². The number of carbonyl (C=O) groups is 1. The molecule has 0 aliphatic heterocycles. The van der Waals surface area contributed by atoms with E-state index >= 15 is 0 Å². The van der Waals surface area contributed by atoms with E-state index in [4.69, 9.17) is 9.15 Å². The summed E-state index contributed by atoms with van der Waals surface area (Å²) in [6.07, 6.45) is 0. The van der Waals surface area contributed by atoms with Gasteiger partial charge in [-0.1, -0.05) is 6.07 Å². The Hall–Kier alpha value is -2.88. The van der Waals surface area contributed by atoms with Crippen LogP contribution in [0, 0.1) is 13.8 Å². The first-order chi connectivity index (χ1) is 10.5. The number of hydrogen-bond donors (Lipinski definition) is 0. The molecule has 3 rings (SSSR count). The van der Waals surface area contributed by atoms with Crippen molar-refractivity contribution in [2.24, 2.45) is 0 Å². The highest BCUT2D eigenvalue weighted by molar-refractivity contribution is 5.92. The maximum atomic E-state index is 12.2. The average Bonchev–Trinajstić information content (AvgIpc) is 2.49. The van der Waals surface area contributed by atoms with Crippen molar-refractivity contribution in [3.63, 3.8) is 0 Å². The van der Waals surface area contributed by atoms with Crippen molar-refractivity contribution in [3.05, 3.63) is 75.6 Å². The fourth-order valence-electron chi connectivity index (χ4n) is 2.14. The van der Waals surface area contributed by atoms with E-state index in [0.717, 1.165) is 16.5 Å². The van der Waals surface area contributed by atoms with Gasteiger partial charge in [-0.05, 0) is 55.3 Å². The van der Waals surface area contributed by atoms with Gasteiger partial charge in [0, 0.05) is 17.5 Å². The standard InChI is InChI=1S/C18H14O4/c1-11-3-4-14(9-12(11)2)18(20)21-15-7-5-13-6-8-17(19)22-16(13)10-15/h3-10H,1-2H3. The lowest BCUT2D eigenvalue weighted by Crippen LogP contribution is -2.09. The normalized spacial score (nSPS) is 10.6. The highest BCUT2D eigenvalue weighted by atomic mass is 16.5. The molecule has 2 aromatic carbocycles. The van der Waals surface area contributed by atoms with E-state index in [1.807, 2.05) is 19.9 Å². The summed E-state index contributed by atoms with van der Waals surface area (Å²) in [5.74, 6) is -0.106. The van der Waals surface area contributed by atoms with Crippen LogP contribution in [-0.2, 0) is 0 Å². The zero-order valence-electron chi connectivity index (χ0n) is 12.3. The zero-order chi connectivity index (χ0) is 15.7. The number of hydrogen-bond acceptors (Lipinski definition) is 4. The molecule has 0 spiro atoms. The number of rotatable bonds is 2. The van der Waals surface area contributed by atoms with Crippen molar-refractivity contribution in [2.75, 3.05) is 0 Å². The summed E-state index contributed by atoms with van der Waals surface area (Å²) in [5, 5.41) is 0.769. The van der Waals surface area contributed by atoms with Crippen molar-refractivity contribution in [1.82, 2.24) is 0 Å². The van der Waals surface area contributed by atoms with Crippen LogP contribution in [0.1, 0.15) is 21.5 Å². The van der Waals surface area contributed by atoms with Crippen LogP contribution in [0.5, 0.6) is 5.75 Å². The molecular formula is C18H14O4. The number of fused-ring (bicyclic) bond motifs is 1. The van der Waals surface area contributed by atoms with Crippen LogP contribution in [-0.4, -0.2) is 5.97 Å². The maximum absolute atomic E-state index is 12.2. The Morgan fingerprint density at radius 2 is 1.73 bits per heavy atom. The van der Waals surface area contributed by atoms with E-state index in [-0.39, 0.29) is 0 Å². The van der Waals surface area contributed by atoms with E-state index in [1.165, 1.54) is 12.1 Å². The minimum Gasteiger partial charge on any atom is -0.423 e. The molecule has 1 aromatic heterocycles. The Morgan fingerprint density at radius 3 is 2.50 bits per heavy atom. The number of carbonyl (C=O) groups excluding carboxylic acids is 1. The summed E-state index contributed by atoms with van der Waals surface area (Å²) in [4.78, 5) is 23.4. The Morgan fingerprint density at radius 1 is 0.955 bits per heavy atom. The lowest BCUT2D eigenvalue weighted by Gasteiger charge is -2.07. The summed E-state index contributed by atoms with van der Waals surface area (Å²) in [7, 11) is 0. The second kappa shape index (κ2) is 5.48. The van der Waals surface area contributed by atoms with E-state index in [1.54, 1.807) is 30.3 Å². The van der Waals surface area contributed by atoms with Crippen LogP contribution in [0.15, 0.2) is 57.7 Å². The fourth-order valence-corrected chi connectivity index (χ4v) is 2.14. The van der Waals surface area contributed by atoms with Crippen molar-refractivity contribution >= 4 is 16.9 Å². The van der Waals surface area contributed by atoms with Gasteiger partial charge in [-0.2, -0.15) is 0 Å². The maximum Gasteiger partial charge on any atom is 0.343 e. The second-order valence-electron chi connectivity index (χ2n) is 5.14. The molecule has 1 heterocycles.